The molecular formula is C13H20FNO2. The molecule has 3 nitrogen and oxygen atoms in total. The molecule has 1 N–H and O–H groups in total. The molecule has 0 heterocycles. The maximum absolute atomic E-state index is 13.0. The van der Waals surface area contributed by atoms with Gasteiger partial charge in [0.25, 0.3) is 0 Å². The van der Waals surface area contributed by atoms with Crippen molar-refractivity contribution >= 4 is 0 Å². The number of benzene rings is 1. The Morgan fingerprint density at radius 2 is 2.18 bits per heavy atom. The van der Waals surface area contributed by atoms with Crippen molar-refractivity contribution in [1.29, 1.82) is 0 Å². The summed E-state index contributed by atoms with van der Waals surface area (Å²) in [5.74, 6) is -0.197. The minimum atomic E-state index is -0.197. The van der Waals surface area contributed by atoms with E-state index in [9.17, 15) is 4.39 Å². The second kappa shape index (κ2) is 8.17. The fraction of sp³-hybridized carbons (Fsp3) is 0.538. The van der Waals surface area contributed by atoms with Gasteiger partial charge in [-0.2, -0.15) is 0 Å². The quantitative estimate of drug-likeness (QED) is 0.702. The van der Waals surface area contributed by atoms with E-state index < -0.39 is 0 Å². The van der Waals surface area contributed by atoms with E-state index in [2.05, 4.69) is 5.32 Å². The molecule has 1 rings (SSSR count). The summed E-state index contributed by atoms with van der Waals surface area (Å²) in [5, 5.41) is 3.16. The van der Waals surface area contributed by atoms with E-state index in [1.807, 2.05) is 13.1 Å². The van der Waals surface area contributed by atoms with Crippen molar-refractivity contribution in [3.05, 3.63) is 35.6 Å². The van der Waals surface area contributed by atoms with Gasteiger partial charge in [-0.05, 0) is 31.2 Å². The lowest BCUT2D eigenvalue weighted by atomic mass is 10.1. The molecule has 0 aliphatic carbocycles. The van der Waals surface area contributed by atoms with Crippen molar-refractivity contribution in [1.82, 2.24) is 5.32 Å². The Morgan fingerprint density at radius 3 is 2.82 bits per heavy atom. The Balaban J connectivity index is 2.35. The fourth-order valence-electron chi connectivity index (χ4n) is 1.56. The van der Waals surface area contributed by atoms with Crippen LogP contribution in [0.5, 0.6) is 0 Å². The van der Waals surface area contributed by atoms with Crippen LogP contribution in [0.2, 0.25) is 0 Å². The number of halogens is 1. The highest BCUT2D eigenvalue weighted by Crippen LogP contribution is 2.06. The molecule has 0 saturated heterocycles. The topological polar surface area (TPSA) is 30.5 Å². The van der Waals surface area contributed by atoms with Gasteiger partial charge >= 0.3 is 0 Å². The summed E-state index contributed by atoms with van der Waals surface area (Å²) in [4.78, 5) is 0. The molecule has 1 aromatic rings. The van der Waals surface area contributed by atoms with Gasteiger partial charge in [-0.3, -0.25) is 0 Å². The number of methoxy groups -OCH3 is 1. The van der Waals surface area contributed by atoms with E-state index in [0.29, 0.717) is 19.8 Å². The molecule has 0 fully saturated rings. The predicted molar refractivity (Wildman–Crippen MR) is 65.6 cm³/mol. The van der Waals surface area contributed by atoms with Gasteiger partial charge in [-0.1, -0.05) is 12.1 Å². The third-order valence-electron chi connectivity index (χ3n) is 2.53. The lowest BCUT2D eigenvalue weighted by Crippen LogP contribution is -2.33. The van der Waals surface area contributed by atoms with E-state index in [1.165, 1.54) is 6.07 Å². The molecule has 0 aromatic heterocycles. The second-order valence-corrected chi connectivity index (χ2v) is 3.89. The lowest BCUT2D eigenvalue weighted by Gasteiger charge is -2.16. The maximum atomic E-state index is 13.0. The number of ether oxygens (including phenoxy) is 2. The standard InChI is InChI=1S/C13H20FNO2/c1-15-13(10-17-7-6-16-2)9-11-4-3-5-12(14)8-11/h3-5,8,13,15H,6-7,9-10H2,1-2H3. The van der Waals surface area contributed by atoms with Crippen molar-refractivity contribution in [2.45, 2.75) is 12.5 Å². The second-order valence-electron chi connectivity index (χ2n) is 3.89. The van der Waals surface area contributed by atoms with E-state index in [4.69, 9.17) is 9.47 Å². The number of nitrogens with one attached hydrogen (secondary N) is 1. The molecule has 1 atom stereocenters. The Hall–Kier alpha value is -0.970. The molecule has 0 amide bonds. The number of hydrogen-bond donors (Lipinski definition) is 1. The molecule has 1 aromatic carbocycles. The van der Waals surface area contributed by atoms with Gasteiger partial charge in [-0.25, -0.2) is 4.39 Å². The first-order valence-corrected chi connectivity index (χ1v) is 5.74. The molecular weight excluding hydrogens is 221 g/mol. The van der Waals surface area contributed by atoms with Crippen molar-refractivity contribution in [2.24, 2.45) is 0 Å². The van der Waals surface area contributed by atoms with Gasteiger partial charge in [0, 0.05) is 13.2 Å². The van der Waals surface area contributed by atoms with Crippen molar-refractivity contribution in [3.63, 3.8) is 0 Å². The Bertz CT molecular complexity index is 320. The van der Waals surface area contributed by atoms with Gasteiger partial charge in [0.15, 0.2) is 0 Å². The average Bonchev–Trinajstić information content (AvgIpc) is 2.33. The molecule has 1 unspecified atom stereocenters. The zero-order valence-electron chi connectivity index (χ0n) is 10.4. The largest absolute Gasteiger partial charge is 0.382 e. The summed E-state index contributed by atoms with van der Waals surface area (Å²) in [6.45, 7) is 1.77. The van der Waals surface area contributed by atoms with Gasteiger partial charge < -0.3 is 14.8 Å². The number of hydrogen-bond acceptors (Lipinski definition) is 3. The van der Waals surface area contributed by atoms with E-state index in [1.54, 1.807) is 19.2 Å². The van der Waals surface area contributed by atoms with Crippen LogP contribution in [0.25, 0.3) is 0 Å². The number of likely N-dealkylation sites (N-methyl/N-ethyl adjacent to an activating group) is 1. The number of rotatable bonds is 8. The summed E-state index contributed by atoms with van der Waals surface area (Å²) in [7, 11) is 3.52. The summed E-state index contributed by atoms with van der Waals surface area (Å²) < 4.78 is 23.4. The predicted octanol–water partition coefficient (Wildman–Crippen LogP) is 1.62. The third-order valence-corrected chi connectivity index (χ3v) is 2.53. The van der Waals surface area contributed by atoms with Crippen LogP contribution in [0.3, 0.4) is 0 Å². The highest BCUT2D eigenvalue weighted by Gasteiger charge is 2.07. The summed E-state index contributed by atoms with van der Waals surface area (Å²) in [5.41, 5.74) is 0.972. The molecule has 17 heavy (non-hydrogen) atoms. The molecule has 96 valence electrons. The van der Waals surface area contributed by atoms with Crippen LogP contribution in [-0.4, -0.2) is 40.0 Å². The minimum Gasteiger partial charge on any atom is -0.382 e. The van der Waals surface area contributed by atoms with Gasteiger partial charge in [0.05, 0.1) is 19.8 Å². The van der Waals surface area contributed by atoms with Crippen LogP contribution >= 0.6 is 0 Å². The van der Waals surface area contributed by atoms with Crippen LogP contribution in [-0.2, 0) is 15.9 Å². The molecule has 0 spiro atoms. The Morgan fingerprint density at radius 1 is 1.35 bits per heavy atom. The molecule has 0 radical (unpaired) electrons. The summed E-state index contributed by atoms with van der Waals surface area (Å²) >= 11 is 0. The summed E-state index contributed by atoms with van der Waals surface area (Å²) in [6.07, 6.45) is 0.751. The van der Waals surface area contributed by atoms with Crippen molar-refractivity contribution in [3.8, 4) is 0 Å². The van der Waals surface area contributed by atoms with Crippen LogP contribution in [0.15, 0.2) is 24.3 Å². The zero-order chi connectivity index (χ0) is 12.5. The first-order chi connectivity index (χ1) is 8.26. The normalized spacial score (nSPS) is 12.6. The van der Waals surface area contributed by atoms with Crippen LogP contribution in [0.4, 0.5) is 4.39 Å². The highest BCUT2D eigenvalue weighted by molar-refractivity contribution is 5.17. The van der Waals surface area contributed by atoms with Gasteiger partial charge in [-0.15, -0.1) is 0 Å². The molecule has 4 heteroatoms. The third kappa shape index (κ3) is 5.77. The van der Waals surface area contributed by atoms with Gasteiger partial charge in [0.2, 0.25) is 0 Å². The first kappa shape index (κ1) is 14.1. The molecule has 0 saturated carbocycles. The van der Waals surface area contributed by atoms with Gasteiger partial charge in [0.1, 0.15) is 5.82 Å². The molecule has 0 bridgehead atoms. The molecule has 0 aliphatic rings. The van der Waals surface area contributed by atoms with E-state index in [0.717, 1.165) is 12.0 Å². The van der Waals surface area contributed by atoms with E-state index in [-0.39, 0.29) is 11.9 Å². The van der Waals surface area contributed by atoms with Crippen LogP contribution < -0.4 is 5.32 Å². The Labute approximate surface area is 102 Å². The minimum absolute atomic E-state index is 0.189. The maximum Gasteiger partial charge on any atom is 0.123 e. The highest BCUT2D eigenvalue weighted by atomic mass is 19.1. The van der Waals surface area contributed by atoms with E-state index >= 15 is 0 Å². The SMILES string of the molecule is CNC(COCCOC)Cc1cccc(F)c1. The van der Waals surface area contributed by atoms with Crippen LogP contribution in [0.1, 0.15) is 5.56 Å². The monoisotopic (exact) mass is 241 g/mol. The van der Waals surface area contributed by atoms with Crippen LogP contribution in [0, 0.1) is 5.82 Å². The van der Waals surface area contributed by atoms with Crippen molar-refractivity contribution < 1.29 is 13.9 Å². The van der Waals surface area contributed by atoms with Crippen molar-refractivity contribution in [2.75, 3.05) is 34.0 Å². The average molecular weight is 241 g/mol. The Kier molecular flexibility index (Phi) is 6.77. The first-order valence-electron chi connectivity index (χ1n) is 5.74. The zero-order valence-corrected chi connectivity index (χ0v) is 10.4. The summed E-state index contributed by atoms with van der Waals surface area (Å²) in [6, 6.07) is 6.84. The molecule has 0 aliphatic heterocycles. The smallest absolute Gasteiger partial charge is 0.123 e. The fourth-order valence-corrected chi connectivity index (χ4v) is 1.56. The lowest BCUT2D eigenvalue weighted by molar-refractivity contribution is 0.0597.